The Morgan fingerprint density at radius 2 is 2.08 bits per heavy atom. The number of nitrogens with one attached hydrogen (secondary N) is 2. The van der Waals surface area contributed by atoms with Crippen LogP contribution >= 0.6 is 0 Å². The summed E-state index contributed by atoms with van der Waals surface area (Å²) in [6.45, 7) is 4.41. The van der Waals surface area contributed by atoms with E-state index in [2.05, 4.69) is 20.5 Å². The second-order valence-corrected chi connectivity index (χ2v) is 6.47. The van der Waals surface area contributed by atoms with Gasteiger partial charge in [-0.3, -0.25) is 9.89 Å². The standard InChI is InChI=1S/C19H23N5O2/c1-13(2)17(18-20-9-10-24(18)3)21-19(25)16-11-14(22-23-16)12-26-15-7-5-4-6-8-15/h4-11,13,17H,12H2,1-3H3,(H,21,25)(H,22,23). The van der Waals surface area contributed by atoms with Crippen molar-refractivity contribution in [2.75, 3.05) is 0 Å². The summed E-state index contributed by atoms with van der Waals surface area (Å²) in [5.41, 5.74) is 1.06. The van der Waals surface area contributed by atoms with Crippen LogP contribution in [0, 0.1) is 5.92 Å². The molecule has 0 saturated heterocycles. The third-order valence-corrected chi connectivity index (χ3v) is 4.09. The van der Waals surface area contributed by atoms with Crippen molar-refractivity contribution in [1.82, 2.24) is 25.1 Å². The van der Waals surface area contributed by atoms with Crippen LogP contribution in [-0.4, -0.2) is 25.7 Å². The first kappa shape index (κ1) is 17.7. The minimum atomic E-state index is -0.242. The molecule has 3 rings (SSSR count). The van der Waals surface area contributed by atoms with Gasteiger partial charge in [0, 0.05) is 19.4 Å². The van der Waals surface area contributed by atoms with E-state index >= 15 is 0 Å². The molecule has 0 spiro atoms. The number of H-pyrrole nitrogens is 1. The van der Waals surface area contributed by atoms with E-state index in [9.17, 15) is 4.79 Å². The zero-order valence-corrected chi connectivity index (χ0v) is 15.1. The van der Waals surface area contributed by atoms with Gasteiger partial charge in [0.2, 0.25) is 0 Å². The number of carbonyl (C=O) groups is 1. The second-order valence-electron chi connectivity index (χ2n) is 6.47. The predicted octanol–water partition coefficient (Wildman–Crippen LogP) is 2.85. The average Bonchev–Trinajstić information content (AvgIpc) is 3.27. The Bertz CT molecular complexity index is 854. The summed E-state index contributed by atoms with van der Waals surface area (Å²) in [6, 6.07) is 11.0. The maximum atomic E-state index is 12.6. The Hall–Kier alpha value is -3.09. The van der Waals surface area contributed by atoms with Crippen LogP contribution in [0.15, 0.2) is 48.8 Å². The first-order valence-corrected chi connectivity index (χ1v) is 8.55. The maximum Gasteiger partial charge on any atom is 0.272 e. The van der Waals surface area contributed by atoms with Gasteiger partial charge >= 0.3 is 0 Å². The summed E-state index contributed by atoms with van der Waals surface area (Å²) in [5, 5.41) is 9.97. The van der Waals surface area contributed by atoms with Gasteiger partial charge in [-0.2, -0.15) is 5.10 Å². The van der Waals surface area contributed by atoms with Crippen LogP contribution in [0.2, 0.25) is 0 Å². The normalized spacial score (nSPS) is 12.2. The second kappa shape index (κ2) is 7.86. The Kier molecular flexibility index (Phi) is 5.36. The minimum Gasteiger partial charge on any atom is -0.487 e. The van der Waals surface area contributed by atoms with Gasteiger partial charge in [0.15, 0.2) is 0 Å². The first-order chi connectivity index (χ1) is 12.5. The molecule has 136 valence electrons. The number of imidazole rings is 1. The molecule has 2 heterocycles. The van der Waals surface area contributed by atoms with Crippen molar-refractivity contribution in [2.45, 2.75) is 26.5 Å². The van der Waals surface area contributed by atoms with Crippen LogP contribution in [0.1, 0.15) is 41.9 Å². The first-order valence-electron chi connectivity index (χ1n) is 8.55. The fraction of sp³-hybridized carbons (Fsp3) is 0.316. The lowest BCUT2D eigenvalue weighted by molar-refractivity contribution is 0.0917. The van der Waals surface area contributed by atoms with E-state index < -0.39 is 0 Å². The van der Waals surface area contributed by atoms with Crippen molar-refractivity contribution < 1.29 is 9.53 Å². The van der Waals surface area contributed by atoms with Crippen LogP contribution < -0.4 is 10.1 Å². The third kappa shape index (κ3) is 4.11. The van der Waals surface area contributed by atoms with Gasteiger partial charge in [-0.25, -0.2) is 4.98 Å². The molecule has 1 atom stereocenters. The number of aromatic amines is 1. The molecule has 0 bridgehead atoms. The zero-order valence-electron chi connectivity index (χ0n) is 15.1. The smallest absolute Gasteiger partial charge is 0.272 e. The number of carbonyl (C=O) groups excluding carboxylic acids is 1. The summed E-state index contributed by atoms with van der Waals surface area (Å²) >= 11 is 0. The molecule has 2 aromatic heterocycles. The molecule has 7 nitrogen and oxygen atoms in total. The lowest BCUT2D eigenvalue weighted by Gasteiger charge is -2.21. The highest BCUT2D eigenvalue weighted by atomic mass is 16.5. The number of amides is 1. The van der Waals surface area contributed by atoms with Gasteiger partial charge in [-0.1, -0.05) is 32.0 Å². The zero-order chi connectivity index (χ0) is 18.5. The highest BCUT2D eigenvalue weighted by Gasteiger charge is 2.23. The number of hydrogen-bond acceptors (Lipinski definition) is 4. The van der Waals surface area contributed by atoms with E-state index in [0.717, 1.165) is 17.3 Å². The Morgan fingerprint density at radius 1 is 1.31 bits per heavy atom. The minimum absolute atomic E-state index is 0.191. The summed E-state index contributed by atoms with van der Waals surface area (Å²) in [5.74, 6) is 1.54. The van der Waals surface area contributed by atoms with Crippen LogP contribution in [0.25, 0.3) is 0 Å². The third-order valence-electron chi connectivity index (χ3n) is 4.09. The van der Waals surface area contributed by atoms with Crippen molar-refractivity contribution in [3.05, 3.63) is 66.0 Å². The number of nitrogens with zero attached hydrogens (tertiary/aromatic N) is 3. The monoisotopic (exact) mass is 353 g/mol. The molecule has 1 amide bonds. The molecule has 26 heavy (non-hydrogen) atoms. The van der Waals surface area contributed by atoms with E-state index in [1.165, 1.54) is 0 Å². The van der Waals surface area contributed by atoms with Crippen molar-refractivity contribution >= 4 is 5.91 Å². The van der Waals surface area contributed by atoms with Crippen molar-refractivity contribution in [3.8, 4) is 5.75 Å². The van der Waals surface area contributed by atoms with Crippen LogP contribution in [0.5, 0.6) is 5.75 Å². The van der Waals surface area contributed by atoms with E-state index in [4.69, 9.17) is 4.74 Å². The molecular formula is C19H23N5O2. The number of rotatable bonds is 7. The predicted molar refractivity (Wildman–Crippen MR) is 97.6 cm³/mol. The number of hydrogen-bond donors (Lipinski definition) is 2. The summed E-state index contributed by atoms with van der Waals surface area (Å²) < 4.78 is 7.57. The fourth-order valence-electron chi connectivity index (χ4n) is 2.65. The molecule has 3 aromatic rings. The molecular weight excluding hydrogens is 330 g/mol. The Balaban J connectivity index is 1.64. The average molecular weight is 353 g/mol. The fourth-order valence-corrected chi connectivity index (χ4v) is 2.65. The lowest BCUT2D eigenvalue weighted by Crippen LogP contribution is -2.33. The molecule has 0 fully saturated rings. The van der Waals surface area contributed by atoms with Crippen LogP contribution in [0.3, 0.4) is 0 Å². The molecule has 1 unspecified atom stereocenters. The van der Waals surface area contributed by atoms with Crippen molar-refractivity contribution in [3.63, 3.8) is 0 Å². The van der Waals surface area contributed by atoms with Gasteiger partial charge in [0.05, 0.1) is 11.7 Å². The number of benzene rings is 1. The van der Waals surface area contributed by atoms with E-state index in [1.54, 1.807) is 12.3 Å². The van der Waals surface area contributed by atoms with Gasteiger partial charge in [0.25, 0.3) is 5.91 Å². The summed E-state index contributed by atoms with van der Waals surface area (Å²) in [7, 11) is 1.91. The number of ether oxygens (including phenoxy) is 1. The molecule has 0 radical (unpaired) electrons. The SMILES string of the molecule is CC(C)C(NC(=O)c1cc(COc2ccccc2)[nH]n1)c1nccn1C. The highest BCUT2D eigenvalue weighted by molar-refractivity contribution is 5.92. The molecule has 0 aliphatic carbocycles. The maximum absolute atomic E-state index is 12.6. The van der Waals surface area contributed by atoms with E-state index in [0.29, 0.717) is 12.3 Å². The molecule has 0 aliphatic heterocycles. The van der Waals surface area contributed by atoms with Gasteiger partial charge in [-0.05, 0) is 24.1 Å². The van der Waals surface area contributed by atoms with Gasteiger partial charge in [-0.15, -0.1) is 0 Å². The molecule has 2 N–H and O–H groups in total. The number of para-hydroxylation sites is 1. The van der Waals surface area contributed by atoms with Crippen molar-refractivity contribution in [2.24, 2.45) is 13.0 Å². The number of aromatic nitrogens is 4. The lowest BCUT2D eigenvalue weighted by atomic mass is 10.0. The van der Waals surface area contributed by atoms with Crippen LogP contribution in [-0.2, 0) is 13.7 Å². The molecule has 7 heteroatoms. The highest BCUT2D eigenvalue weighted by Crippen LogP contribution is 2.20. The topological polar surface area (TPSA) is 84.8 Å². The molecule has 0 saturated carbocycles. The summed E-state index contributed by atoms with van der Waals surface area (Å²) in [6.07, 6.45) is 3.59. The Labute approximate surface area is 152 Å². The Morgan fingerprint density at radius 3 is 2.73 bits per heavy atom. The van der Waals surface area contributed by atoms with Crippen LogP contribution in [0.4, 0.5) is 0 Å². The van der Waals surface area contributed by atoms with E-state index in [-0.39, 0.29) is 17.9 Å². The van der Waals surface area contributed by atoms with Gasteiger partial charge < -0.3 is 14.6 Å². The molecule has 0 aliphatic rings. The molecule has 1 aromatic carbocycles. The quantitative estimate of drug-likeness (QED) is 0.684. The summed E-state index contributed by atoms with van der Waals surface area (Å²) in [4.78, 5) is 16.9. The largest absolute Gasteiger partial charge is 0.487 e. The van der Waals surface area contributed by atoms with Crippen molar-refractivity contribution in [1.29, 1.82) is 0 Å². The van der Waals surface area contributed by atoms with Gasteiger partial charge in [0.1, 0.15) is 23.9 Å². The number of aryl methyl sites for hydroxylation is 1. The van der Waals surface area contributed by atoms with E-state index in [1.807, 2.05) is 62.0 Å².